The molecular weight excluding hydrogens is 304 g/mol. The van der Waals surface area contributed by atoms with E-state index in [1.807, 2.05) is 5.38 Å². The number of hydrogen-bond acceptors (Lipinski definition) is 6. The van der Waals surface area contributed by atoms with Crippen molar-refractivity contribution >= 4 is 34.3 Å². The average Bonchev–Trinajstić information content (AvgIpc) is 3.14. The minimum Gasteiger partial charge on any atom is -0.395 e. The summed E-state index contributed by atoms with van der Waals surface area (Å²) in [4.78, 5) is 16.8. The van der Waals surface area contributed by atoms with Gasteiger partial charge in [0.25, 0.3) is 0 Å². The fraction of sp³-hybridized carbons (Fsp3) is 0.214. The van der Waals surface area contributed by atoms with Gasteiger partial charge < -0.3 is 10.1 Å². The molecule has 0 saturated carbocycles. The zero-order valence-corrected chi connectivity index (χ0v) is 12.7. The molecule has 5 nitrogen and oxygen atoms in total. The van der Waals surface area contributed by atoms with Gasteiger partial charge >= 0.3 is 0 Å². The van der Waals surface area contributed by atoms with Crippen molar-refractivity contribution in [2.75, 3.05) is 6.61 Å². The predicted octanol–water partition coefficient (Wildman–Crippen LogP) is 2.44. The van der Waals surface area contributed by atoms with E-state index in [1.54, 1.807) is 29.4 Å². The summed E-state index contributed by atoms with van der Waals surface area (Å²) in [6, 6.07) is 2.08. The van der Waals surface area contributed by atoms with Gasteiger partial charge in [0.05, 0.1) is 12.9 Å². The molecule has 0 aliphatic carbocycles. The van der Waals surface area contributed by atoms with Gasteiger partial charge in [-0.1, -0.05) is 23.6 Å². The van der Waals surface area contributed by atoms with E-state index in [0.717, 1.165) is 21.9 Å². The van der Waals surface area contributed by atoms with Crippen LogP contribution in [-0.4, -0.2) is 31.6 Å². The minimum atomic E-state index is 0.105. The lowest BCUT2D eigenvalue weighted by molar-refractivity contribution is 0.305. The molecule has 0 saturated heterocycles. The number of aromatic amines is 1. The predicted molar refractivity (Wildman–Crippen MR) is 84.1 cm³/mol. The average molecular weight is 316 g/mol. The molecule has 0 aromatic carbocycles. The van der Waals surface area contributed by atoms with Crippen molar-refractivity contribution in [3.8, 4) is 11.8 Å². The summed E-state index contributed by atoms with van der Waals surface area (Å²) < 4.78 is 0. The van der Waals surface area contributed by atoms with Gasteiger partial charge in [0, 0.05) is 28.0 Å². The zero-order chi connectivity index (χ0) is 14.5. The molecule has 3 heterocycles. The molecule has 0 fully saturated rings. The normalized spacial score (nSPS) is 10.5. The third-order valence-corrected chi connectivity index (χ3v) is 4.82. The van der Waals surface area contributed by atoms with Gasteiger partial charge in [-0.25, -0.2) is 15.0 Å². The lowest BCUT2D eigenvalue weighted by Gasteiger charge is -1.99. The van der Waals surface area contributed by atoms with Crippen LogP contribution in [0.5, 0.6) is 0 Å². The summed E-state index contributed by atoms with van der Waals surface area (Å²) in [5.41, 5.74) is 2.56. The fourth-order valence-electron chi connectivity index (χ4n) is 1.73. The minimum absolute atomic E-state index is 0.105. The second kappa shape index (κ2) is 6.72. The molecule has 3 aromatic rings. The van der Waals surface area contributed by atoms with Crippen molar-refractivity contribution in [1.82, 2.24) is 19.9 Å². The van der Waals surface area contributed by atoms with Crippen LogP contribution in [0.15, 0.2) is 29.1 Å². The second-order valence-corrected chi connectivity index (χ2v) is 6.11. The summed E-state index contributed by atoms with van der Waals surface area (Å²) >= 11 is 3.33. The number of aliphatic hydroxyl groups is 1. The fourth-order valence-corrected chi connectivity index (χ4v) is 3.56. The number of nitrogens with zero attached hydrogens (tertiary/aromatic N) is 3. The Balaban J connectivity index is 1.68. The van der Waals surface area contributed by atoms with Crippen LogP contribution < -0.4 is 0 Å². The third kappa shape index (κ3) is 3.42. The molecule has 0 amide bonds. The van der Waals surface area contributed by atoms with Gasteiger partial charge in [0.1, 0.15) is 16.9 Å². The van der Waals surface area contributed by atoms with Gasteiger partial charge in [-0.2, -0.15) is 0 Å². The zero-order valence-electron chi connectivity index (χ0n) is 11.0. The summed E-state index contributed by atoms with van der Waals surface area (Å²) in [5.74, 6) is 6.80. The lowest BCUT2D eigenvalue weighted by atomic mass is 10.3. The molecule has 3 rings (SSSR count). The van der Waals surface area contributed by atoms with E-state index in [4.69, 9.17) is 5.11 Å². The summed E-state index contributed by atoms with van der Waals surface area (Å²) in [5, 5.41) is 11.6. The van der Waals surface area contributed by atoms with Crippen LogP contribution in [0.2, 0.25) is 0 Å². The van der Waals surface area contributed by atoms with Crippen LogP contribution in [0, 0.1) is 11.8 Å². The smallest absolute Gasteiger partial charge is 0.181 e. The molecule has 0 radical (unpaired) electrons. The standard InChI is InChI=1S/C14H12N4OS2/c19-4-2-1-3-10-5-11(20-6-10)7-21-14-12-13(16-8-15-12)17-9-18-14/h5-6,8-9,19H,2,4,7H2,(H,15,16,17,18). The van der Waals surface area contributed by atoms with Gasteiger partial charge in [-0.3, -0.25) is 0 Å². The molecule has 0 spiro atoms. The van der Waals surface area contributed by atoms with Crippen LogP contribution in [0.25, 0.3) is 11.2 Å². The summed E-state index contributed by atoms with van der Waals surface area (Å²) in [6.45, 7) is 0.105. The molecule has 2 N–H and O–H groups in total. The Morgan fingerprint density at radius 1 is 1.33 bits per heavy atom. The molecule has 0 unspecified atom stereocenters. The van der Waals surface area contributed by atoms with E-state index in [9.17, 15) is 0 Å². The van der Waals surface area contributed by atoms with Crippen molar-refractivity contribution in [3.63, 3.8) is 0 Å². The van der Waals surface area contributed by atoms with E-state index < -0.39 is 0 Å². The first-order valence-electron chi connectivity index (χ1n) is 6.31. The van der Waals surface area contributed by atoms with Gasteiger partial charge in [-0.05, 0) is 6.07 Å². The Kier molecular flexibility index (Phi) is 4.50. The highest BCUT2D eigenvalue weighted by Gasteiger charge is 2.07. The SMILES string of the molecule is OCCC#Cc1csc(CSc2ncnc3nc[nH]c23)c1. The van der Waals surface area contributed by atoms with Crippen molar-refractivity contribution < 1.29 is 5.11 Å². The molecule has 0 bridgehead atoms. The maximum atomic E-state index is 8.71. The number of hydrogen-bond donors (Lipinski definition) is 2. The number of aliphatic hydroxyl groups excluding tert-OH is 1. The molecular formula is C14H12N4OS2. The summed E-state index contributed by atoms with van der Waals surface area (Å²) in [6.07, 6.45) is 3.67. The van der Waals surface area contributed by atoms with Crippen molar-refractivity contribution in [1.29, 1.82) is 0 Å². The van der Waals surface area contributed by atoms with E-state index in [1.165, 1.54) is 11.2 Å². The number of rotatable bonds is 4. The number of fused-ring (bicyclic) bond motifs is 1. The number of aromatic nitrogens is 4. The highest BCUT2D eigenvalue weighted by molar-refractivity contribution is 7.98. The van der Waals surface area contributed by atoms with Gasteiger partial charge in [0.2, 0.25) is 0 Å². The molecule has 21 heavy (non-hydrogen) atoms. The Hall–Kier alpha value is -1.88. The maximum absolute atomic E-state index is 8.71. The molecule has 3 aromatic heterocycles. The number of thiophene rings is 1. The van der Waals surface area contributed by atoms with Gasteiger partial charge in [0.15, 0.2) is 5.65 Å². The van der Waals surface area contributed by atoms with Crippen LogP contribution in [0.4, 0.5) is 0 Å². The monoisotopic (exact) mass is 316 g/mol. The first kappa shape index (κ1) is 14.1. The topological polar surface area (TPSA) is 74.7 Å². The molecule has 0 atom stereocenters. The van der Waals surface area contributed by atoms with E-state index in [0.29, 0.717) is 12.1 Å². The Bertz CT molecular complexity index is 800. The number of thioether (sulfide) groups is 1. The van der Waals surface area contributed by atoms with Crippen molar-refractivity contribution in [2.24, 2.45) is 0 Å². The van der Waals surface area contributed by atoms with E-state index >= 15 is 0 Å². The third-order valence-electron chi connectivity index (χ3n) is 2.66. The molecule has 7 heteroatoms. The van der Waals surface area contributed by atoms with Crippen LogP contribution in [0.3, 0.4) is 0 Å². The van der Waals surface area contributed by atoms with Crippen molar-refractivity contribution in [3.05, 3.63) is 34.5 Å². The van der Waals surface area contributed by atoms with Crippen LogP contribution in [-0.2, 0) is 5.75 Å². The number of H-pyrrole nitrogens is 1. The second-order valence-electron chi connectivity index (χ2n) is 4.15. The van der Waals surface area contributed by atoms with Gasteiger partial charge in [-0.15, -0.1) is 11.3 Å². The van der Waals surface area contributed by atoms with E-state index in [2.05, 4.69) is 37.8 Å². The first-order valence-corrected chi connectivity index (χ1v) is 8.17. The van der Waals surface area contributed by atoms with Crippen LogP contribution in [0.1, 0.15) is 16.9 Å². The highest BCUT2D eigenvalue weighted by atomic mass is 32.2. The quantitative estimate of drug-likeness (QED) is 0.439. The molecule has 0 aliphatic rings. The number of nitrogens with one attached hydrogen (secondary N) is 1. The Morgan fingerprint density at radius 3 is 3.19 bits per heavy atom. The first-order chi connectivity index (χ1) is 10.4. The largest absolute Gasteiger partial charge is 0.395 e. The van der Waals surface area contributed by atoms with Crippen molar-refractivity contribution in [2.45, 2.75) is 17.2 Å². The molecule has 0 aliphatic heterocycles. The van der Waals surface area contributed by atoms with E-state index in [-0.39, 0.29) is 6.61 Å². The Morgan fingerprint density at radius 2 is 2.29 bits per heavy atom. The van der Waals surface area contributed by atoms with Crippen LogP contribution >= 0.6 is 23.1 Å². The summed E-state index contributed by atoms with van der Waals surface area (Å²) in [7, 11) is 0. The molecule has 106 valence electrons. The maximum Gasteiger partial charge on any atom is 0.181 e. The lowest BCUT2D eigenvalue weighted by Crippen LogP contribution is -1.86. The Labute approximate surface area is 129 Å². The number of imidazole rings is 1. The highest BCUT2D eigenvalue weighted by Crippen LogP contribution is 2.27.